The third-order valence-corrected chi connectivity index (χ3v) is 4.76. The number of thiophene rings is 1. The van der Waals surface area contributed by atoms with Crippen molar-refractivity contribution in [2.75, 3.05) is 5.32 Å². The number of para-hydroxylation sites is 1. The van der Waals surface area contributed by atoms with Gasteiger partial charge in [0.2, 0.25) is 0 Å². The summed E-state index contributed by atoms with van der Waals surface area (Å²) >= 11 is 1.21. The number of carbonyl (C=O) groups is 1. The van der Waals surface area contributed by atoms with E-state index in [-0.39, 0.29) is 0 Å². The zero-order valence-corrected chi connectivity index (χ0v) is 13.0. The van der Waals surface area contributed by atoms with Gasteiger partial charge in [-0.15, -0.1) is 11.3 Å². The van der Waals surface area contributed by atoms with Crippen LogP contribution in [0.3, 0.4) is 0 Å². The highest BCUT2D eigenvalue weighted by Crippen LogP contribution is 2.30. The molecule has 118 valence electrons. The van der Waals surface area contributed by atoms with Crippen LogP contribution in [0, 0.1) is 5.82 Å². The minimum atomic E-state index is -0.482. The molecule has 0 aliphatic heterocycles. The molecule has 0 saturated carbocycles. The third-order valence-electron chi connectivity index (χ3n) is 3.59. The van der Waals surface area contributed by atoms with Gasteiger partial charge in [0.15, 0.2) is 0 Å². The predicted octanol–water partition coefficient (Wildman–Crippen LogP) is 4.40. The van der Waals surface area contributed by atoms with Crippen molar-refractivity contribution in [3.63, 3.8) is 0 Å². The third kappa shape index (κ3) is 2.47. The van der Waals surface area contributed by atoms with Gasteiger partial charge in [-0.2, -0.15) is 0 Å². The summed E-state index contributed by atoms with van der Waals surface area (Å²) in [5.41, 5.74) is 0.355. The highest BCUT2D eigenvalue weighted by atomic mass is 32.1. The molecule has 0 radical (unpaired) electrons. The van der Waals surface area contributed by atoms with Gasteiger partial charge in [-0.25, -0.2) is 9.18 Å². The Morgan fingerprint density at radius 1 is 1.04 bits per heavy atom. The number of fused-ring (bicyclic) bond motifs is 3. The van der Waals surface area contributed by atoms with E-state index in [4.69, 9.17) is 4.42 Å². The molecule has 4 nitrogen and oxygen atoms in total. The van der Waals surface area contributed by atoms with Gasteiger partial charge in [-0.05, 0) is 36.4 Å². The molecule has 0 saturated heterocycles. The Labute approximate surface area is 139 Å². The van der Waals surface area contributed by atoms with Crippen LogP contribution in [0.25, 0.3) is 21.1 Å². The van der Waals surface area contributed by atoms with Crippen molar-refractivity contribution in [3.05, 3.63) is 75.7 Å². The Morgan fingerprint density at radius 2 is 1.88 bits per heavy atom. The van der Waals surface area contributed by atoms with Gasteiger partial charge in [-0.1, -0.05) is 18.2 Å². The number of carbonyl (C=O) groups excluding carboxylic acids is 1. The minimum Gasteiger partial charge on any atom is -0.422 e. The van der Waals surface area contributed by atoms with E-state index in [9.17, 15) is 14.0 Å². The lowest BCUT2D eigenvalue weighted by Gasteiger charge is -2.02. The Kier molecular flexibility index (Phi) is 3.39. The van der Waals surface area contributed by atoms with Crippen LogP contribution in [0.1, 0.15) is 9.67 Å². The molecule has 0 atom stereocenters. The lowest BCUT2D eigenvalue weighted by atomic mass is 10.2. The molecule has 0 aliphatic rings. The van der Waals surface area contributed by atoms with Gasteiger partial charge >= 0.3 is 5.63 Å². The fraction of sp³-hybridized carbons (Fsp3) is 0. The molecule has 2 heterocycles. The highest BCUT2D eigenvalue weighted by molar-refractivity contribution is 7.21. The van der Waals surface area contributed by atoms with E-state index in [2.05, 4.69) is 5.32 Å². The first-order chi connectivity index (χ1) is 11.6. The van der Waals surface area contributed by atoms with Gasteiger partial charge in [0.05, 0.1) is 15.0 Å². The lowest BCUT2D eigenvalue weighted by molar-refractivity contribution is 0.103. The quantitative estimate of drug-likeness (QED) is 0.551. The summed E-state index contributed by atoms with van der Waals surface area (Å²) in [5.74, 6) is -0.832. The number of hydrogen-bond donors (Lipinski definition) is 1. The number of halogens is 1. The number of amides is 1. The fourth-order valence-electron chi connectivity index (χ4n) is 2.51. The summed E-state index contributed by atoms with van der Waals surface area (Å²) in [7, 11) is 0. The van der Waals surface area contributed by atoms with Crippen LogP contribution < -0.4 is 10.9 Å². The van der Waals surface area contributed by atoms with Gasteiger partial charge < -0.3 is 9.73 Å². The molecular weight excluding hydrogens is 329 g/mol. The summed E-state index contributed by atoms with van der Waals surface area (Å²) in [6.45, 7) is 0. The zero-order chi connectivity index (χ0) is 16.7. The number of benzene rings is 2. The van der Waals surface area contributed by atoms with E-state index < -0.39 is 17.3 Å². The molecule has 24 heavy (non-hydrogen) atoms. The van der Waals surface area contributed by atoms with Crippen molar-refractivity contribution in [1.29, 1.82) is 0 Å². The monoisotopic (exact) mass is 339 g/mol. The van der Waals surface area contributed by atoms with E-state index in [1.165, 1.54) is 35.6 Å². The van der Waals surface area contributed by atoms with E-state index in [1.54, 1.807) is 18.2 Å². The van der Waals surface area contributed by atoms with Crippen LogP contribution in [0.5, 0.6) is 0 Å². The minimum absolute atomic E-state index is 0.356. The number of hydrogen-bond acceptors (Lipinski definition) is 4. The van der Waals surface area contributed by atoms with Crippen LogP contribution in [0.2, 0.25) is 0 Å². The molecule has 2 aromatic carbocycles. The number of anilines is 1. The average Bonchev–Trinajstić information content (AvgIpc) is 3.01. The largest absolute Gasteiger partial charge is 0.422 e. The molecule has 0 fully saturated rings. The Bertz CT molecular complexity index is 1150. The van der Waals surface area contributed by atoms with E-state index in [1.807, 2.05) is 12.1 Å². The standard InChI is InChI=1S/C18H10FNO3S/c19-10-4-3-5-11(8-10)20-17(21)15-9-13-16(24-15)12-6-1-2-7-14(12)23-18(13)22/h1-9H,(H,20,21). The smallest absolute Gasteiger partial charge is 0.345 e. The summed E-state index contributed by atoms with van der Waals surface area (Å²) in [5, 5.41) is 3.77. The first-order valence-corrected chi connectivity index (χ1v) is 7.96. The Morgan fingerprint density at radius 3 is 2.71 bits per heavy atom. The molecule has 4 aromatic rings. The SMILES string of the molecule is O=C(Nc1cccc(F)c1)c1cc2c(=O)oc3ccccc3c2s1. The maximum atomic E-state index is 13.2. The predicted molar refractivity (Wildman–Crippen MR) is 92.2 cm³/mol. The first-order valence-electron chi connectivity index (χ1n) is 7.14. The summed E-state index contributed by atoms with van der Waals surface area (Å²) in [4.78, 5) is 24.8. The molecule has 0 spiro atoms. The van der Waals surface area contributed by atoms with Crippen LogP contribution in [-0.2, 0) is 0 Å². The number of rotatable bonds is 2. The van der Waals surface area contributed by atoms with Crippen molar-refractivity contribution in [3.8, 4) is 0 Å². The average molecular weight is 339 g/mol. The number of nitrogens with one attached hydrogen (secondary N) is 1. The van der Waals surface area contributed by atoms with Crippen molar-refractivity contribution >= 4 is 44.0 Å². The summed E-state index contributed by atoms with van der Waals surface area (Å²) < 4.78 is 19.2. The zero-order valence-electron chi connectivity index (χ0n) is 12.2. The maximum absolute atomic E-state index is 13.2. The summed E-state index contributed by atoms with van der Waals surface area (Å²) in [6.07, 6.45) is 0. The molecule has 1 amide bonds. The fourth-order valence-corrected chi connectivity index (χ4v) is 3.58. The molecule has 6 heteroatoms. The van der Waals surface area contributed by atoms with Crippen LogP contribution in [-0.4, -0.2) is 5.91 Å². The maximum Gasteiger partial charge on any atom is 0.345 e. The lowest BCUT2D eigenvalue weighted by Crippen LogP contribution is -2.10. The second-order valence-electron chi connectivity index (χ2n) is 5.20. The second-order valence-corrected chi connectivity index (χ2v) is 6.26. The Balaban J connectivity index is 1.80. The van der Waals surface area contributed by atoms with Gasteiger partial charge in [-0.3, -0.25) is 4.79 Å². The van der Waals surface area contributed by atoms with Crippen molar-refractivity contribution in [2.45, 2.75) is 0 Å². The van der Waals surface area contributed by atoms with Crippen molar-refractivity contribution in [1.82, 2.24) is 0 Å². The van der Waals surface area contributed by atoms with Crippen molar-refractivity contribution < 1.29 is 13.6 Å². The van der Waals surface area contributed by atoms with Gasteiger partial charge in [0.1, 0.15) is 11.4 Å². The van der Waals surface area contributed by atoms with E-state index in [0.717, 1.165) is 5.39 Å². The van der Waals surface area contributed by atoms with Crippen molar-refractivity contribution in [2.24, 2.45) is 0 Å². The molecule has 1 N–H and O–H groups in total. The van der Waals surface area contributed by atoms with Crippen LogP contribution >= 0.6 is 11.3 Å². The van der Waals surface area contributed by atoms with Crippen LogP contribution in [0.15, 0.2) is 63.8 Å². The summed E-state index contributed by atoms with van der Waals surface area (Å²) in [6, 6.07) is 14.3. The highest BCUT2D eigenvalue weighted by Gasteiger charge is 2.16. The molecule has 2 aromatic heterocycles. The van der Waals surface area contributed by atoms with Gasteiger partial charge in [0, 0.05) is 11.1 Å². The Hall–Kier alpha value is -2.99. The van der Waals surface area contributed by atoms with Crippen LogP contribution in [0.4, 0.5) is 10.1 Å². The molecular formula is C18H10FNO3S. The van der Waals surface area contributed by atoms with Gasteiger partial charge in [0.25, 0.3) is 5.91 Å². The molecule has 4 rings (SSSR count). The second kappa shape index (κ2) is 5.58. The van der Waals surface area contributed by atoms with E-state index >= 15 is 0 Å². The first kappa shape index (κ1) is 14.6. The molecule has 0 bridgehead atoms. The molecule has 0 unspecified atom stereocenters. The topological polar surface area (TPSA) is 59.3 Å². The molecule has 0 aliphatic carbocycles. The normalized spacial score (nSPS) is 11.0. The van der Waals surface area contributed by atoms with E-state index in [0.29, 0.717) is 26.2 Å².